The molecule has 0 aromatic rings. The molecular weight excluding hydrogens is 148 g/mol. The standard InChI is InChI=1S/C11H16O/c1-7-6-8-4-5-9(12)10(7)11(8,2)3/h8,10H,1,4-6H2,2-3H3/t8-,10-/m0/s1. The van der Waals surface area contributed by atoms with Crippen LogP contribution in [0.25, 0.3) is 0 Å². The zero-order chi connectivity index (χ0) is 8.93. The van der Waals surface area contributed by atoms with Crippen molar-refractivity contribution in [3.8, 4) is 0 Å². The molecule has 0 aromatic carbocycles. The number of Topliss-reactive ketones (excluding diaryl/α,β-unsaturated/α-hetero) is 1. The third-order valence-electron chi connectivity index (χ3n) is 3.77. The molecule has 2 atom stereocenters. The second-order valence-corrected chi connectivity index (χ2v) is 4.82. The maximum atomic E-state index is 11.6. The first-order chi connectivity index (χ1) is 5.53. The Morgan fingerprint density at radius 3 is 2.75 bits per heavy atom. The van der Waals surface area contributed by atoms with Crippen LogP contribution in [0.5, 0.6) is 0 Å². The molecule has 2 saturated carbocycles. The van der Waals surface area contributed by atoms with Crippen LogP contribution in [0.1, 0.15) is 33.1 Å². The minimum absolute atomic E-state index is 0.177. The van der Waals surface area contributed by atoms with E-state index in [1.54, 1.807) is 0 Å². The summed E-state index contributed by atoms with van der Waals surface area (Å²) in [6, 6.07) is 0. The van der Waals surface area contributed by atoms with Crippen molar-refractivity contribution < 1.29 is 4.79 Å². The molecule has 2 aliphatic carbocycles. The molecule has 0 N–H and O–H groups in total. The zero-order valence-corrected chi connectivity index (χ0v) is 7.89. The van der Waals surface area contributed by atoms with Gasteiger partial charge in [-0.25, -0.2) is 0 Å². The van der Waals surface area contributed by atoms with Gasteiger partial charge in [0.05, 0.1) is 0 Å². The van der Waals surface area contributed by atoms with E-state index >= 15 is 0 Å². The molecule has 0 unspecified atom stereocenters. The van der Waals surface area contributed by atoms with E-state index in [9.17, 15) is 4.79 Å². The molecule has 1 heteroatoms. The fourth-order valence-electron chi connectivity index (χ4n) is 3.04. The van der Waals surface area contributed by atoms with Gasteiger partial charge in [0.25, 0.3) is 0 Å². The number of carbonyl (C=O) groups excluding carboxylic acids is 1. The van der Waals surface area contributed by atoms with Gasteiger partial charge in [0.1, 0.15) is 5.78 Å². The Morgan fingerprint density at radius 1 is 1.50 bits per heavy atom. The average molecular weight is 164 g/mol. The number of hydrogen-bond acceptors (Lipinski definition) is 1. The molecule has 0 radical (unpaired) electrons. The van der Waals surface area contributed by atoms with Crippen LogP contribution < -0.4 is 0 Å². The normalized spacial score (nSPS) is 38.8. The Labute approximate surface area is 73.8 Å². The number of ketones is 1. The van der Waals surface area contributed by atoms with Crippen molar-refractivity contribution in [2.45, 2.75) is 33.1 Å². The van der Waals surface area contributed by atoms with Crippen LogP contribution in [0.15, 0.2) is 12.2 Å². The molecule has 0 aliphatic heterocycles. The zero-order valence-electron chi connectivity index (χ0n) is 7.89. The Balaban J connectivity index is 2.42. The molecule has 0 aromatic heterocycles. The minimum atomic E-state index is 0.177. The third kappa shape index (κ3) is 0.825. The second kappa shape index (κ2) is 2.21. The van der Waals surface area contributed by atoms with E-state index in [1.807, 2.05) is 0 Å². The van der Waals surface area contributed by atoms with E-state index in [4.69, 9.17) is 0 Å². The molecule has 66 valence electrons. The van der Waals surface area contributed by atoms with Gasteiger partial charge in [-0.3, -0.25) is 4.79 Å². The lowest BCUT2D eigenvalue weighted by Gasteiger charge is -2.36. The van der Waals surface area contributed by atoms with Crippen molar-refractivity contribution in [1.29, 1.82) is 0 Å². The van der Waals surface area contributed by atoms with Crippen LogP contribution in [-0.4, -0.2) is 5.78 Å². The van der Waals surface area contributed by atoms with Crippen LogP contribution >= 0.6 is 0 Å². The molecule has 0 saturated heterocycles. The number of allylic oxidation sites excluding steroid dienone is 1. The predicted octanol–water partition coefficient (Wildman–Crippen LogP) is 2.57. The maximum absolute atomic E-state index is 11.6. The van der Waals surface area contributed by atoms with Crippen LogP contribution in [0.3, 0.4) is 0 Å². The van der Waals surface area contributed by atoms with Gasteiger partial charge in [-0.15, -0.1) is 0 Å². The van der Waals surface area contributed by atoms with Crippen LogP contribution in [0, 0.1) is 17.3 Å². The van der Waals surface area contributed by atoms with Gasteiger partial charge in [-0.2, -0.15) is 0 Å². The SMILES string of the molecule is C=C1C[C@@H]2CCC(=O)[C@H]1C2(C)C. The lowest BCUT2D eigenvalue weighted by atomic mass is 9.67. The Kier molecular flexibility index (Phi) is 1.48. The topological polar surface area (TPSA) is 17.1 Å². The van der Waals surface area contributed by atoms with Crippen LogP contribution in [0.4, 0.5) is 0 Å². The summed E-state index contributed by atoms with van der Waals surface area (Å²) in [5.41, 5.74) is 1.39. The lowest BCUT2D eigenvalue weighted by molar-refractivity contribution is -0.127. The molecule has 1 nitrogen and oxygen atoms in total. The number of carbonyl (C=O) groups is 1. The molecule has 0 heterocycles. The van der Waals surface area contributed by atoms with E-state index in [-0.39, 0.29) is 11.3 Å². The van der Waals surface area contributed by atoms with E-state index < -0.39 is 0 Å². The summed E-state index contributed by atoms with van der Waals surface area (Å²) in [5, 5.41) is 0. The molecular formula is C11H16O. The molecule has 0 spiro atoms. The average Bonchev–Trinajstić information content (AvgIpc) is 2.12. The molecule has 2 aliphatic rings. The van der Waals surface area contributed by atoms with Gasteiger partial charge in [0.2, 0.25) is 0 Å². The smallest absolute Gasteiger partial charge is 0.140 e. The monoisotopic (exact) mass is 164 g/mol. The third-order valence-corrected chi connectivity index (χ3v) is 3.77. The van der Waals surface area contributed by atoms with Crippen molar-refractivity contribution >= 4 is 5.78 Å². The van der Waals surface area contributed by atoms with Crippen molar-refractivity contribution in [3.05, 3.63) is 12.2 Å². The molecule has 12 heavy (non-hydrogen) atoms. The van der Waals surface area contributed by atoms with Gasteiger partial charge in [-0.05, 0) is 24.2 Å². The Hall–Kier alpha value is -0.590. The summed E-state index contributed by atoms with van der Waals surface area (Å²) in [6.07, 6.45) is 2.96. The summed E-state index contributed by atoms with van der Waals surface area (Å²) in [4.78, 5) is 11.6. The molecule has 0 amide bonds. The number of hydrogen-bond donors (Lipinski definition) is 0. The lowest BCUT2D eigenvalue weighted by Crippen LogP contribution is -2.35. The maximum Gasteiger partial charge on any atom is 0.140 e. The van der Waals surface area contributed by atoms with Crippen molar-refractivity contribution in [2.24, 2.45) is 17.3 Å². The Morgan fingerprint density at radius 2 is 2.17 bits per heavy atom. The number of rotatable bonds is 0. The first-order valence-electron chi connectivity index (χ1n) is 4.74. The number of fused-ring (bicyclic) bond motifs is 2. The first-order valence-corrected chi connectivity index (χ1v) is 4.74. The van der Waals surface area contributed by atoms with Crippen LogP contribution in [0.2, 0.25) is 0 Å². The fourth-order valence-corrected chi connectivity index (χ4v) is 3.04. The first kappa shape index (κ1) is 8.03. The highest BCUT2D eigenvalue weighted by Crippen LogP contribution is 2.55. The van der Waals surface area contributed by atoms with E-state index in [2.05, 4.69) is 20.4 Å². The van der Waals surface area contributed by atoms with Gasteiger partial charge >= 0.3 is 0 Å². The van der Waals surface area contributed by atoms with E-state index in [1.165, 1.54) is 5.57 Å². The molecule has 2 fully saturated rings. The van der Waals surface area contributed by atoms with E-state index in [0.717, 1.165) is 19.3 Å². The van der Waals surface area contributed by atoms with Gasteiger partial charge in [0, 0.05) is 12.3 Å². The highest BCUT2D eigenvalue weighted by atomic mass is 16.1. The minimum Gasteiger partial charge on any atom is -0.299 e. The summed E-state index contributed by atoms with van der Waals surface area (Å²) in [5.74, 6) is 1.32. The van der Waals surface area contributed by atoms with Crippen molar-refractivity contribution in [3.63, 3.8) is 0 Å². The largest absolute Gasteiger partial charge is 0.299 e. The highest BCUT2D eigenvalue weighted by molar-refractivity contribution is 5.86. The predicted molar refractivity (Wildman–Crippen MR) is 48.8 cm³/mol. The second-order valence-electron chi connectivity index (χ2n) is 4.82. The summed E-state index contributed by atoms with van der Waals surface area (Å²) in [6.45, 7) is 8.46. The van der Waals surface area contributed by atoms with Gasteiger partial charge in [-0.1, -0.05) is 26.0 Å². The fraction of sp³-hybridized carbons (Fsp3) is 0.727. The van der Waals surface area contributed by atoms with Crippen LogP contribution in [-0.2, 0) is 4.79 Å². The summed E-state index contributed by atoms with van der Waals surface area (Å²) in [7, 11) is 0. The van der Waals surface area contributed by atoms with Crippen molar-refractivity contribution in [1.82, 2.24) is 0 Å². The quantitative estimate of drug-likeness (QED) is 0.503. The van der Waals surface area contributed by atoms with Gasteiger partial charge < -0.3 is 0 Å². The summed E-state index contributed by atoms with van der Waals surface area (Å²) < 4.78 is 0. The molecule has 2 bridgehead atoms. The van der Waals surface area contributed by atoms with E-state index in [0.29, 0.717) is 11.7 Å². The van der Waals surface area contributed by atoms with Gasteiger partial charge in [0.15, 0.2) is 0 Å². The van der Waals surface area contributed by atoms with Crippen molar-refractivity contribution in [2.75, 3.05) is 0 Å². The molecule has 2 rings (SSSR count). The summed E-state index contributed by atoms with van der Waals surface area (Å²) >= 11 is 0. The highest BCUT2D eigenvalue weighted by Gasteiger charge is 2.51. The Bertz CT molecular complexity index is 242.